The van der Waals surface area contributed by atoms with E-state index in [-0.39, 0.29) is 17.5 Å². The van der Waals surface area contributed by atoms with Crippen molar-refractivity contribution in [2.75, 3.05) is 0 Å². The first-order valence-corrected chi connectivity index (χ1v) is 11.8. The Balaban J connectivity index is 1.95. The zero-order valence-electron chi connectivity index (χ0n) is 21.4. The highest BCUT2D eigenvalue weighted by atomic mass is 19.4. The van der Waals surface area contributed by atoms with Crippen molar-refractivity contribution in [1.29, 1.82) is 0 Å². The zero-order valence-corrected chi connectivity index (χ0v) is 21.4. The van der Waals surface area contributed by atoms with Crippen LogP contribution < -0.4 is 10.1 Å². The highest BCUT2D eigenvalue weighted by molar-refractivity contribution is 5.95. The molecule has 1 amide bonds. The Morgan fingerprint density at radius 1 is 0.907 bits per heavy atom. The van der Waals surface area contributed by atoms with Gasteiger partial charge in [-0.15, -0.1) is 10.2 Å². The molecule has 0 bridgehead atoms. The molecule has 228 valence electrons. The molecule has 17 heteroatoms. The summed E-state index contributed by atoms with van der Waals surface area (Å²) in [5.41, 5.74) is -5.38. The second kappa shape index (κ2) is 11.5. The number of ether oxygens (including phenoxy) is 1. The topological polar surface area (TPSA) is 81.9 Å². The summed E-state index contributed by atoms with van der Waals surface area (Å²) in [6, 6.07) is 6.88. The van der Waals surface area contributed by atoms with Gasteiger partial charge < -0.3 is 10.1 Å². The number of carbonyl (C=O) groups excluding carboxylic acids is 1. The minimum absolute atomic E-state index is 0.120. The maximum atomic E-state index is 14.8. The van der Waals surface area contributed by atoms with Crippen molar-refractivity contribution in [3.8, 4) is 5.75 Å². The Labute approximate surface area is 235 Å². The Morgan fingerprint density at radius 2 is 1.58 bits per heavy atom. The molecule has 1 aromatic heterocycles. The SMILES string of the molecule is Cn1nnc(CC(NC(=O)c2ccc(F)c(C(F)(F)F)c2)(c2ccc(F)cc2)c2cc(F)cc(OC(F)(F)C(F)F)c2)n1. The van der Waals surface area contributed by atoms with Gasteiger partial charge in [-0.1, -0.05) is 12.1 Å². The number of tetrazole rings is 1. The smallest absolute Gasteiger partial charge is 0.428 e. The van der Waals surface area contributed by atoms with E-state index in [1.54, 1.807) is 0 Å². The predicted molar refractivity (Wildman–Crippen MR) is 127 cm³/mol. The molecule has 0 aliphatic heterocycles. The van der Waals surface area contributed by atoms with E-state index in [9.17, 15) is 48.7 Å². The summed E-state index contributed by atoms with van der Waals surface area (Å²) >= 11 is 0. The lowest BCUT2D eigenvalue weighted by Crippen LogP contribution is -2.49. The number of aromatic nitrogens is 4. The number of nitrogens with one attached hydrogen (secondary N) is 1. The minimum Gasteiger partial charge on any atom is -0.428 e. The number of nitrogens with zero attached hydrogens (tertiary/aromatic N) is 4. The maximum absolute atomic E-state index is 14.8. The van der Waals surface area contributed by atoms with Gasteiger partial charge in [0.2, 0.25) is 0 Å². The number of hydrogen-bond donors (Lipinski definition) is 1. The van der Waals surface area contributed by atoms with Crippen molar-refractivity contribution >= 4 is 5.91 Å². The van der Waals surface area contributed by atoms with E-state index in [2.05, 4.69) is 25.5 Å². The van der Waals surface area contributed by atoms with E-state index in [1.165, 1.54) is 7.05 Å². The normalized spacial score (nSPS) is 13.6. The lowest BCUT2D eigenvalue weighted by molar-refractivity contribution is -0.253. The Hall–Kier alpha value is -4.70. The lowest BCUT2D eigenvalue weighted by atomic mass is 9.79. The van der Waals surface area contributed by atoms with Crippen LogP contribution >= 0.6 is 0 Å². The monoisotopic (exact) mass is 621 g/mol. The Kier molecular flexibility index (Phi) is 8.37. The van der Waals surface area contributed by atoms with Crippen molar-refractivity contribution in [2.24, 2.45) is 7.05 Å². The molecule has 0 fully saturated rings. The molecule has 0 radical (unpaired) electrons. The first kappa shape index (κ1) is 31.2. The van der Waals surface area contributed by atoms with Gasteiger partial charge in [-0.2, -0.15) is 35.5 Å². The largest absolute Gasteiger partial charge is 0.461 e. The van der Waals surface area contributed by atoms with Gasteiger partial charge in [0.1, 0.15) is 23.2 Å². The van der Waals surface area contributed by atoms with E-state index < -0.39 is 76.5 Å². The number of carbonyl (C=O) groups is 1. The van der Waals surface area contributed by atoms with Gasteiger partial charge in [0.15, 0.2) is 5.82 Å². The molecule has 3 aromatic carbocycles. The van der Waals surface area contributed by atoms with Crippen LogP contribution in [0.3, 0.4) is 0 Å². The molecule has 1 N–H and O–H groups in total. The molecule has 1 atom stereocenters. The average molecular weight is 621 g/mol. The molecule has 0 spiro atoms. The number of aryl methyl sites for hydroxylation is 1. The molecule has 0 saturated carbocycles. The second-order valence-electron chi connectivity index (χ2n) is 9.07. The summed E-state index contributed by atoms with van der Waals surface area (Å²) in [6.07, 6.45) is -15.2. The van der Waals surface area contributed by atoms with E-state index in [1.807, 2.05) is 0 Å². The first-order valence-electron chi connectivity index (χ1n) is 11.8. The minimum atomic E-state index is -5.21. The molecule has 1 heterocycles. The molecule has 4 aromatic rings. The molecule has 0 aliphatic rings. The van der Waals surface area contributed by atoms with E-state index in [0.29, 0.717) is 30.3 Å². The van der Waals surface area contributed by atoms with Crippen LogP contribution in [0.5, 0.6) is 5.75 Å². The highest BCUT2D eigenvalue weighted by Gasteiger charge is 2.45. The van der Waals surface area contributed by atoms with Crippen LogP contribution in [0, 0.1) is 17.5 Å². The third-order valence-corrected chi connectivity index (χ3v) is 6.04. The van der Waals surface area contributed by atoms with E-state index in [4.69, 9.17) is 0 Å². The van der Waals surface area contributed by atoms with E-state index in [0.717, 1.165) is 29.1 Å². The number of rotatable bonds is 9. The van der Waals surface area contributed by atoms with Crippen LogP contribution in [0.1, 0.15) is 32.9 Å². The van der Waals surface area contributed by atoms with Crippen molar-refractivity contribution in [2.45, 2.75) is 30.7 Å². The van der Waals surface area contributed by atoms with Crippen LogP contribution in [-0.2, 0) is 25.2 Å². The third-order valence-electron chi connectivity index (χ3n) is 6.04. The van der Waals surface area contributed by atoms with Crippen molar-refractivity contribution in [3.63, 3.8) is 0 Å². The molecule has 0 saturated heterocycles. The van der Waals surface area contributed by atoms with Gasteiger partial charge in [-0.3, -0.25) is 4.79 Å². The summed E-state index contributed by atoms with van der Waals surface area (Å²) in [5, 5.41) is 13.7. The standard InChI is InChI=1S/C26H17F10N5O2/c1-41-39-21(38-40-41)12-24(14-3-5-16(27)6-4-14,15-9-17(28)11-18(10-15)43-26(35,36)23(30)31)37-22(42)13-2-7-20(29)19(8-13)25(32,33)34/h2-11,23H,12H2,1H3,(H,37,42). The quantitative estimate of drug-likeness (QED) is 0.239. The predicted octanol–water partition coefficient (Wildman–Crippen LogP) is 5.80. The molecule has 7 nitrogen and oxygen atoms in total. The van der Waals surface area contributed by atoms with Crippen molar-refractivity contribution in [3.05, 3.63) is 106 Å². The van der Waals surface area contributed by atoms with Crippen molar-refractivity contribution < 1.29 is 53.4 Å². The molecule has 0 aliphatic carbocycles. The van der Waals surface area contributed by atoms with Crippen LogP contribution in [-0.4, -0.2) is 38.6 Å². The van der Waals surface area contributed by atoms with Crippen LogP contribution in [0.2, 0.25) is 0 Å². The average Bonchev–Trinajstić information content (AvgIpc) is 3.31. The lowest BCUT2D eigenvalue weighted by Gasteiger charge is -2.36. The fourth-order valence-electron chi connectivity index (χ4n) is 4.14. The molecule has 4 rings (SSSR count). The fourth-order valence-corrected chi connectivity index (χ4v) is 4.14. The van der Waals surface area contributed by atoms with Crippen LogP contribution in [0.4, 0.5) is 43.9 Å². The number of amides is 1. The fraction of sp³-hybridized carbons (Fsp3) is 0.231. The second-order valence-corrected chi connectivity index (χ2v) is 9.07. The summed E-state index contributed by atoms with van der Waals surface area (Å²) in [6.45, 7) is 0. The highest BCUT2D eigenvalue weighted by Crippen LogP contribution is 2.38. The number of hydrogen-bond acceptors (Lipinski definition) is 5. The molecular weight excluding hydrogens is 604 g/mol. The summed E-state index contributed by atoms with van der Waals surface area (Å²) in [5.74, 6) is -6.48. The maximum Gasteiger partial charge on any atom is 0.461 e. The van der Waals surface area contributed by atoms with Gasteiger partial charge in [-0.05, 0) is 58.8 Å². The van der Waals surface area contributed by atoms with Gasteiger partial charge in [0.05, 0.1) is 18.2 Å². The van der Waals surface area contributed by atoms with Crippen LogP contribution in [0.25, 0.3) is 0 Å². The summed E-state index contributed by atoms with van der Waals surface area (Å²) in [4.78, 5) is 14.4. The molecule has 43 heavy (non-hydrogen) atoms. The Bertz CT molecular complexity index is 1630. The van der Waals surface area contributed by atoms with Gasteiger partial charge in [0.25, 0.3) is 5.91 Å². The van der Waals surface area contributed by atoms with E-state index >= 15 is 0 Å². The van der Waals surface area contributed by atoms with Gasteiger partial charge in [-0.25, -0.2) is 13.2 Å². The van der Waals surface area contributed by atoms with Gasteiger partial charge in [0, 0.05) is 18.1 Å². The summed E-state index contributed by atoms with van der Waals surface area (Å²) in [7, 11) is 1.34. The van der Waals surface area contributed by atoms with Crippen molar-refractivity contribution in [1.82, 2.24) is 25.5 Å². The summed E-state index contributed by atoms with van der Waals surface area (Å²) < 4.78 is 140. The zero-order chi connectivity index (χ0) is 31.7. The number of benzene rings is 3. The molecule has 1 unspecified atom stereocenters. The first-order chi connectivity index (χ1) is 20.0. The number of alkyl halides is 7. The number of halogens is 10. The third kappa shape index (κ3) is 6.86. The van der Waals surface area contributed by atoms with Crippen LogP contribution in [0.15, 0.2) is 60.7 Å². The molecular formula is C26H17F10N5O2. The Morgan fingerprint density at radius 3 is 2.16 bits per heavy atom. The van der Waals surface area contributed by atoms with Gasteiger partial charge >= 0.3 is 18.7 Å².